The first-order chi connectivity index (χ1) is 11.2. The lowest BCUT2D eigenvalue weighted by atomic mass is 10.1. The summed E-state index contributed by atoms with van der Waals surface area (Å²) in [7, 11) is 0. The van der Waals surface area contributed by atoms with Gasteiger partial charge in [0, 0.05) is 48.0 Å². The van der Waals surface area contributed by atoms with Crippen molar-refractivity contribution in [1.29, 1.82) is 0 Å². The summed E-state index contributed by atoms with van der Waals surface area (Å²) in [6, 6.07) is 7.91. The van der Waals surface area contributed by atoms with Gasteiger partial charge in [0.25, 0.3) is 0 Å². The first-order valence-corrected chi connectivity index (χ1v) is 8.82. The van der Waals surface area contributed by atoms with Gasteiger partial charge in [-0.1, -0.05) is 11.6 Å². The summed E-state index contributed by atoms with van der Waals surface area (Å²) in [6.07, 6.45) is 6.10. The van der Waals surface area contributed by atoms with Gasteiger partial charge in [0.05, 0.1) is 0 Å². The molecular formula is C17H18ClN3OS. The third-order valence-electron chi connectivity index (χ3n) is 3.87. The summed E-state index contributed by atoms with van der Waals surface area (Å²) in [6.45, 7) is 2.67. The second-order valence-corrected chi connectivity index (χ2v) is 6.89. The van der Waals surface area contributed by atoms with E-state index in [-0.39, 0.29) is 5.91 Å². The quantitative estimate of drug-likeness (QED) is 0.842. The highest BCUT2D eigenvalue weighted by Crippen LogP contribution is 2.24. The standard InChI is InChI=1S/C17H18ClN3OS/c18-14-1-3-15(4-2-14)21-9-7-13(12-21)11-20-16(22)5-6-17-19-8-10-23-17/h1-6,8,10,13H,7,9,11-12H2,(H,20,22)/b6-5-/t13-/m1/s1. The molecule has 3 rings (SSSR count). The third kappa shape index (κ3) is 4.56. The number of hydrogen-bond acceptors (Lipinski definition) is 4. The number of carbonyl (C=O) groups excluding carboxylic acids is 1. The number of halogens is 1. The van der Waals surface area contributed by atoms with Crippen molar-refractivity contribution in [2.45, 2.75) is 6.42 Å². The number of thiazole rings is 1. The first-order valence-electron chi connectivity index (χ1n) is 7.56. The lowest BCUT2D eigenvalue weighted by Gasteiger charge is -2.18. The Morgan fingerprint density at radius 1 is 1.43 bits per heavy atom. The van der Waals surface area contributed by atoms with E-state index in [2.05, 4.69) is 15.2 Å². The summed E-state index contributed by atoms with van der Waals surface area (Å²) in [5.74, 6) is 0.410. The van der Waals surface area contributed by atoms with Gasteiger partial charge in [0.15, 0.2) is 0 Å². The van der Waals surface area contributed by atoms with E-state index < -0.39 is 0 Å². The smallest absolute Gasteiger partial charge is 0.244 e. The van der Waals surface area contributed by atoms with Gasteiger partial charge in [0.2, 0.25) is 5.91 Å². The van der Waals surface area contributed by atoms with Crippen LogP contribution in [0, 0.1) is 5.92 Å². The Balaban J connectivity index is 1.45. The fourth-order valence-corrected chi connectivity index (χ4v) is 3.31. The Morgan fingerprint density at radius 2 is 2.26 bits per heavy atom. The van der Waals surface area contributed by atoms with E-state index in [1.807, 2.05) is 29.6 Å². The molecule has 1 fully saturated rings. The number of nitrogens with one attached hydrogen (secondary N) is 1. The van der Waals surface area contributed by atoms with Crippen molar-refractivity contribution in [2.24, 2.45) is 5.92 Å². The van der Waals surface area contributed by atoms with Crippen molar-refractivity contribution in [3.8, 4) is 0 Å². The third-order valence-corrected chi connectivity index (χ3v) is 4.86. The topological polar surface area (TPSA) is 45.2 Å². The van der Waals surface area contributed by atoms with Crippen molar-refractivity contribution >= 4 is 40.6 Å². The molecule has 1 amide bonds. The Labute approximate surface area is 144 Å². The fraction of sp³-hybridized carbons (Fsp3) is 0.294. The Hall–Kier alpha value is -1.85. The number of hydrogen-bond donors (Lipinski definition) is 1. The number of nitrogens with zero attached hydrogens (tertiary/aromatic N) is 2. The molecule has 1 aromatic carbocycles. The highest BCUT2D eigenvalue weighted by Gasteiger charge is 2.22. The molecule has 1 atom stereocenters. The van der Waals surface area contributed by atoms with Crippen molar-refractivity contribution in [3.63, 3.8) is 0 Å². The molecule has 0 bridgehead atoms. The highest BCUT2D eigenvalue weighted by molar-refractivity contribution is 7.10. The zero-order valence-corrected chi connectivity index (χ0v) is 14.2. The maximum atomic E-state index is 11.8. The number of rotatable bonds is 5. The number of amides is 1. The van der Waals surface area contributed by atoms with Crippen LogP contribution < -0.4 is 10.2 Å². The second kappa shape index (κ2) is 7.62. The lowest BCUT2D eigenvalue weighted by Crippen LogP contribution is -2.29. The molecule has 0 radical (unpaired) electrons. The van der Waals surface area contributed by atoms with Crippen LogP contribution in [-0.2, 0) is 4.79 Å². The summed E-state index contributed by atoms with van der Waals surface area (Å²) >= 11 is 7.44. The van der Waals surface area contributed by atoms with Gasteiger partial charge < -0.3 is 10.2 Å². The molecule has 1 N–H and O–H groups in total. The molecule has 2 aromatic rings. The first kappa shape index (κ1) is 16.0. The van der Waals surface area contributed by atoms with Crippen LogP contribution in [-0.4, -0.2) is 30.5 Å². The van der Waals surface area contributed by atoms with E-state index in [0.717, 1.165) is 29.5 Å². The van der Waals surface area contributed by atoms with E-state index in [9.17, 15) is 4.79 Å². The molecule has 1 aromatic heterocycles. The normalized spacial score (nSPS) is 17.8. The maximum Gasteiger partial charge on any atom is 0.244 e. The molecule has 0 aliphatic carbocycles. The molecule has 0 unspecified atom stereocenters. The molecule has 120 valence electrons. The van der Waals surface area contributed by atoms with Gasteiger partial charge in [-0.15, -0.1) is 11.3 Å². The van der Waals surface area contributed by atoms with Crippen LogP contribution >= 0.6 is 22.9 Å². The summed E-state index contributed by atoms with van der Waals surface area (Å²) in [5.41, 5.74) is 1.19. The number of anilines is 1. The largest absolute Gasteiger partial charge is 0.371 e. The summed E-state index contributed by atoms with van der Waals surface area (Å²) in [4.78, 5) is 18.3. The second-order valence-electron chi connectivity index (χ2n) is 5.53. The maximum absolute atomic E-state index is 11.8. The van der Waals surface area contributed by atoms with E-state index in [4.69, 9.17) is 11.6 Å². The van der Waals surface area contributed by atoms with Crippen LogP contribution in [0.15, 0.2) is 41.9 Å². The number of carbonyl (C=O) groups is 1. The zero-order chi connectivity index (χ0) is 16.1. The predicted molar refractivity (Wildman–Crippen MR) is 95.9 cm³/mol. The average molecular weight is 348 g/mol. The van der Waals surface area contributed by atoms with Crippen LogP contribution in [0.4, 0.5) is 5.69 Å². The van der Waals surface area contributed by atoms with Gasteiger partial charge in [-0.2, -0.15) is 0 Å². The Kier molecular flexibility index (Phi) is 5.31. The minimum atomic E-state index is -0.0647. The molecular weight excluding hydrogens is 330 g/mol. The number of benzene rings is 1. The predicted octanol–water partition coefficient (Wildman–Crippen LogP) is 3.45. The fourth-order valence-electron chi connectivity index (χ4n) is 2.65. The number of aromatic nitrogens is 1. The SMILES string of the molecule is O=C(/C=C\c1nccs1)NC[C@H]1CCN(c2ccc(Cl)cc2)C1. The van der Waals surface area contributed by atoms with Gasteiger partial charge in [-0.3, -0.25) is 4.79 Å². The zero-order valence-electron chi connectivity index (χ0n) is 12.6. The monoisotopic (exact) mass is 347 g/mol. The van der Waals surface area contributed by atoms with Gasteiger partial charge in [0.1, 0.15) is 5.01 Å². The molecule has 0 saturated carbocycles. The molecule has 1 aliphatic rings. The highest BCUT2D eigenvalue weighted by atomic mass is 35.5. The molecule has 0 spiro atoms. The van der Waals surface area contributed by atoms with E-state index >= 15 is 0 Å². The Bertz CT molecular complexity index is 670. The van der Waals surface area contributed by atoms with E-state index in [0.29, 0.717) is 12.5 Å². The Morgan fingerprint density at radius 3 is 3.00 bits per heavy atom. The van der Waals surface area contributed by atoms with E-state index in [1.165, 1.54) is 17.0 Å². The van der Waals surface area contributed by atoms with Crippen LogP contribution in [0.25, 0.3) is 6.08 Å². The molecule has 23 heavy (non-hydrogen) atoms. The lowest BCUT2D eigenvalue weighted by molar-refractivity contribution is -0.116. The average Bonchev–Trinajstić information content (AvgIpc) is 3.23. The van der Waals surface area contributed by atoms with E-state index in [1.54, 1.807) is 18.3 Å². The van der Waals surface area contributed by atoms with Gasteiger partial charge in [-0.05, 0) is 42.7 Å². The molecule has 2 heterocycles. The summed E-state index contributed by atoms with van der Waals surface area (Å²) < 4.78 is 0. The van der Waals surface area contributed by atoms with Crippen LogP contribution in [0.3, 0.4) is 0 Å². The van der Waals surface area contributed by atoms with Crippen LogP contribution in [0.2, 0.25) is 5.02 Å². The van der Waals surface area contributed by atoms with Crippen LogP contribution in [0.1, 0.15) is 11.4 Å². The molecule has 1 aliphatic heterocycles. The molecule has 4 nitrogen and oxygen atoms in total. The van der Waals surface area contributed by atoms with Crippen molar-refractivity contribution < 1.29 is 4.79 Å². The minimum Gasteiger partial charge on any atom is -0.371 e. The van der Waals surface area contributed by atoms with Crippen LogP contribution in [0.5, 0.6) is 0 Å². The van der Waals surface area contributed by atoms with Gasteiger partial charge >= 0.3 is 0 Å². The minimum absolute atomic E-state index is 0.0647. The molecule has 6 heteroatoms. The molecule has 1 saturated heterocycles. The summed E-state index contributed by atoms with van der Waals surface area (Å²) in [5, 5.41) is 6.46. The van der Waals surface area contributed by atoms with Crippen molar-refractivity contribution in [3.05, 3.63) is 51.9 Å². The van der Waals surface area contributed by atoms with Crippen molar-refractivity contribution in [2.75, 3.05) is 24.5 Å². The van der Waals surface area contributed by atoms with Crippen molar-refractivity contribution in [1.82, 2.24) is 10.3 Å². The van der Waals surface area contributed by atoms with Gasteiger partial charge in [-0.25, -0.2) is 4.98 Å².